The standard InChI is InChI=1S/C12H20N4O5/c13-9(17)8-7-21-6-3-16(8)11(18)12(10(14)15-19)1-4-20-5-2-12/h8,19H,1-7H2,(H2,13,17)(H2,14,15). The van der Waals surface area contributed by atoms with Crippen molar-refractivity contribution in [3.05, 3.63) is 0 Å². The molecule has 2 fully saturated rings. The van der Waals surface area contributed by atoms with E-state index >= 15 is 0 Å². The average Bonchev–Trinajstić information content (AvgIpc) is 2.53. The number of amidine groups is 1. The van der Waals surface area contributed by atoms with E-state index in [1.54, 1.807) is 0 Å². The summed E-state index contributed by atoms with van der Waals surface area (Å²) in [6, 6.07) is -0.836. The monoisotopic (exact) mass is 300 g/mol. The van der Waals surface area contributed by atoms with Gasteiger partial charge in [0, 0.05) is 19.8 Å². The zero-order valence-electron chi connectivity index (χ0n) is 11.7. The van der Waals surface area contributed by atoms with E-state index in [0.717, 1.165) is 0 Å². The van der Waals surface area contributed by atoms with Crippen molar-refractivity contribution in [1.82, 2.24) is 4.90 Å². The van der Waals surface area contributed by atoms with Gasteiger partial charge >= 0.3 is 0 Å². The summed E-state index contributed by atoms with van der Waals surface area (Å²) in [5, 5.41) is 12.0. The highest BCUT2D eigenvalue weighted by Gasteiger charge is 2.49. The van der Waals surface area contributed by atoms with Crippen LogP contribution in [0.3, 0.4) is 0 Å². The van der Waals surface area contributed by atoms with Crippen LogP contribution in [-0.4, -0.2) is 66.8 Å². The van der Waals surface area contributed by atoms with Crippen LogP contribution in [0.15, 0.2) is 5.16 Å². The fourth-order valence-electron chi connectivity index (χ4n) is 2.75. The molecule has 118 valence electrons. The SMILES string of the molecule is NC(=O)C1COCCN1C(=O)C1(C(N)=NO)CCOCC1. The summed E-state index contributed by atoms with van der Waals surface area (Å²) >= 11 is 0. The summed E-state index contributed by atoms with van der Waals surface area (Å²) < 4.78 is 10.5. The van der Waals surface area contributed by atoms with Crippen LogP contribution < -0.4 is 11.5 Å². The second-order valence-corrected chi connectivity index (χ2v) is 5.17. The molecule has 2 saturated heterocycles. The average molecular weight is 300 g/mol. The maximum Gasteiger partial charge on any atom is 0.242 e. The number of primary amides is 1. The van der Waals surface area contributed by atoms with Gasteiger partial charge in [-0.3, -0.25) is 9.59 Å². The summed E-state index contributed by atoms with van der Waals surface area (Å²) in [5.74, 6) is -1.16. The zero-order chi connectivity index (χ0) is 15.5. The van der Waals surface area contributed by atoms with Gasteiger partial charge in [-0.15, -0.1) is 0 Å². The first-order chi connectivity index (χ1) is 10.0. The molecular weight excluding hydrogens is 280 g/mol. The maximum absolute atomic E-state index is 12.9. The van der Waals surface area contributed by atoms with Crippen LogP contribution in [0.1, 0.15) is 12.8 Å². The summed E-state index contributed by atoms with van der Waals surface area (Å²) in [4.78, 5) is 25.8. The van der Waals surface area contributed by atoms with Crippen LogP contribution in [0.5, 0.6) is 0 Å². The van der Waals surface area contributed by atoms with Gasteiger partial charge in [0.2, 0.25) is 11.8 Å². The number of morpholine rings is 1. The molecule has 0 bridgehead atoms. The van der Waals surface area contributed by atoms with E-state index in [0.29, 0.717) is 32.7 Å². The Labute approximate surface area is 121 Å². The van der Waals surface area contributed by atoms with Crippen LogP contribution in [-0.2, 0) is 19.1 Å². The lowest BCUT2D eigenvalue weighted by atomic mass is 9.77. The van der Waals surface area contributed by atoms with Crippen molar-refractivity contribution in [3.8, 4) is 0 Å². The molecule has 2 rings (SSSR count). The molecule has 9 nitrogen and oxygen atoms in total. The van der Waals surface area contributed by atoms with E-state index in [9.17, 15) is 9.59 Å². The van der Waals surface area contributed by atoms with Crippen molar-refractivity contribution in [2.75, 3.05) is 33.0 Å². The number of ether oxygens (including phenoxy) is 2. The predicted octanol–water partition coefficient (Wildman–Crippen LogP) is -1.76. The van der Waals surface area contributed by atoms with Gasteiger partial charge in [0.1, 0.15) is 11.5 Å². The molecule has 5 N–H and O–H groups in total. The molecule has 2 amide bonds. The summed E-state index contributed by atoms with van der Waals surface area (Å²) in [6.45, 7) is 1.27. The van der Waals surface area contributed by atoms with Crippen molar-refractivity contribution >= 4 is 17.6 Å². The Kier molecular flexibility index (Phi) is 4.63. The Morgan fingerprint density at radius 1 is 1.19 bits per heavy atom. The van der Waals surface area contributed by atoms with Crippen molar-refractivity contribution in [1.29, 1.82) is 0 Å². The first-order valence-electron chi connectivity index (χ1n) is 6.77. The van der Waals surface area contributed by atoms with Gasteiger partial charge < -0.3 is 31.0 Å². The Morgan fingerprint density at radius 2 is 1.86 bits per heavy atom. The largest absolute Gasteiger partial charge is 0.409 e. The van der Waals surface area contributed by atoms with Crippen LogP contribution in [0.25, 0.3) is 0 Å². The molecule has 0 spiro atoms. The quantitative estimate of drug-likeness (QED) is 0.244. The second-order valence-electron chi connectivity index (χ2n) is 5.17. The lowest BCUT2D eigenvalue weighted by molar-refractivity contribution is -0.156. The topological polar surface area (TPSA) is 140 Å². The zero-order valence-corrected chi connectivity index (χ0v) is 11.7. The molecule has 0 aromatic heterocycles. The highest BCUT2D eigenvalue weighted by Crippen LogP contribution is 2.34. The second kappa shape index (κ2) is 6.27. The van der Waals surface area contributed by atoms with Gasteiger partial charge in [-0.1, -0.05) is 5.16 Å². The van der Waals surface area contributed by atoms with Crippen LogP contribution >= 0.6 is 0 Å². The van der Waals surface area contributed by atoms with E-state index in [-0.39, 0.29) is 24.9 Å². The number of nitrogens with two attached hydrogens (primary N) is 2. The highest BCUT2D eigenvalue weighted by atomic mass is 16.5. The van der Waals surface area contributed by atoms with Crippen molar-refractivity contribution in [2.45, 2.75) is 18.9 Å². The number of hydrogen-bond acceptors (Lipinski definition) is 6. The van der Waals surface area contributed by atoms with Crippen molar-refractivity contribution in [2.24, 2.45) is 22.0 Å². The summed E-state index contributed by atoms with van der Waals surface area (Å²) in [6.07, 6.45) is 0.592. The Hall–Kier alpha value is -1.87. The molecule has 0 aliphatic carbocycles. The summed E-state index contributed by atoms with van der Waals surface area (Å²) in [5.41, 5.74) is 9.93. The number of carbonyl (C=O) groups excluding carboxylic acids is 2. The minimum Gasteiger partial charge on any atom is -0.409 e. The van der Waals surface area contributed by atoms with Crippen molar-refractivity contribution < 1.29 is 24.3 Å². The van der Waals surface area contributed by atoms with Crippen LogP contribution in [0.2, 0.25) is 0 Å². The molecule has 2 aliphatic heterocycles. The number of carbonyl (C=O) groups is 2. The minimum absolute atomic E-state index is 0.0594. The van der Waals surface area contributed by atoms with Gasteiger partial charge in [-0.05, 0) is 12.8 Å². The number of hydrogen-bond donors (Lipinski definition) is 3. The molecule has 2 heterocycles. The molecular formula is C12H20N4O5. The number of rotatable bonds is 3. The van der Waals surface area contributed by atoms with E-state index < -0.39 is 17.4 Å². The molecule has 0 aromatic carbocycles. The predicted molar refractivity (Wildman–Crippen MR) is 71.4 cm³/mol. The molecule has 0 aromatic rings. The Morgan fingerprint density at radius 3 is 2.43 bits per heavy atom. The van der Waals surface area contributed by atoms with Crippen LogP contribution in [0, 0.1) is 5.41 Å². The minimum atomic E-state index is -1.15. The van der Waals surface area contributed by atoms with Gasteiger partial charge in [-0.25, -0.2) is 0 Å². The first kappa shape index (κ1) is 15.5. The fourth-order valence-corrected chi connectivity index (χ4v) is 2.75. The van der Waals surface area contributed by atoms with E-state index in [1.807, 2.05) is 0 Å². The highest BCUT2D eigenvalue weighted by molar-refractivity contribution is 6.07. The first-order valence-corrected chi connectivity index (χ1v) is 6.77. The molecule has 1 unspecified atom stereocenters. The van der Waals surface area contributed by atoms with Crippen LogP contribution in [0.4, 0.5) is 0 Å². The fraction of sp³-hybridized carbons (Fsp3) is 0.750. The Bertz CT molecular complexity index is 447. The van der Waals surface area contributed by atoms with Crippen molar-refractivity contribution in [3.63, 3.8) is 0 Å². The number of amides is 2. The van der Waals surface area contributed by atoms with E-state index in [4.69, 9.17) is 26.1 Å². The lowest BCUT2D eigenvalue weighted by Gasteiger charge is -2.42. The van der Waals surface area contributed by atoms with Gasteiger partial charge in [0.05, 0.1) is 13.2 Å². The molecule has 2 aliphatic rings. The molecule has 0 radical (unpaired) electrons. The Balaban J connectivity index is 2.30. The third-order valence-corrected chi connectivity index (χ3v) is 4.07. The number of nitrogens with zero attached hydrogens (tertiary/aromatic N) is 2. The summed E-state index contributed by atoms with van der Waals surface area (Å²) in [7, 11) is 0. The smallest absolute Gasteiger partial charge is 0.242 e. The number of oxime groups is 1. The van der Waals surface area contributed by atoms with Gasteiger partial charge in [0.15, 0.2) is 5.84 Å². The third kappa shape index (κ3) is 2.79. The van der Waals surface area contributed by atoms with Gasteiger partial charge in [0.25, 0.3) is 0 Å². The molecule has 1 atom stereocenters. The lowest BCUT2D eigenvalue weighted by Crippen LogP contribution is -2.61. The molecule has 21 heavy (non-hydrogen) atoms. The molecule has 0 saturated carbocycles. The van der Waals surface area contributed by atoms with E-state index in [1.165, 1.54) is 4.90 Å². The van der Waals surface area contributed by atoms with E-state index in [2.05, 4.69) is 5.16 Å². The normalized spacial score (nSPS) is 26.4. The van der Waals surface area contributed by atoms with Gasteiger partial charge in [-0.2, -0.15) is 0 Å². The molecule has 9 heteroatoms. The maximum atomic E-state index is 12.9. The third-order valence-electron chi connectivity index (χ3n) is 4.07.